The maximum Gasteiger partial charge on any atom is 0.0343 e. The van der Waals surface area contributed by atoms with Crippen LogP contribution in [0.25, 0.3) is 0 Å². The summed E-state index contributed by atoms with van der Waals surface area (Å²) in [7, 11) is 0. The number of rotatable bonds is 1. The van der Waals surface area contributed by atoms with Crippen molar-refractivity contribution in [2.45, 2.75) is 32.1 Å². The molecule has 1 aromatic rings. The van der Waals surface area contributed by atoms with E-state index in [1.54, 1.807) is 0 Å². The average molecular weight is 316 g/mol. The molecule has 0 atom stereocenters. The van der Waals surface area contributed by atoms with Crippen molar-refractivity contribution in [1.82, 2.24) is 0 Å². The van der Waals surface area contributed by atoms with Crippen molar-refractivity contribution in [3.8, 4) is 12.3 Å². The number of benzene rings is 1. The highest BCUT2D eigenvalue weighted by Crippen LogP contribution is 2.30. The molecule has 0 fully saturated rings. The molecule has 0 aromatic heterocycles. The second kappa shape index (κ2) is 4.59. The molecule has 1 rings (SSSR count). The van der Waals surface area contributed by atoms with Gasteiger partial charge in [-0.05, 0) is 65.6 Å². The molecule has 0 N–H and O–H groups in total. The minimum atomic E-state index is 0.696. The molecule has 0 nitrogen and oxygen atoms in total. The smallest absolute Gasteiger partial charge is 0.0343 e. The molecule has 0 aliphatic carbocycles. The van der Waals surface area contributed by atoms with E-state index in [0.717, 1.165) is 4.90 Å². The summed E-state index contributed by atoms with van der Waals surface area (Å²) in [5.74, 6) is 2.70. The number of terminal acetylenes is 1. The molecule has 0 heterocycles. The zero-order valence-electron chi connectivity index (χ0n) is 8.61. The van der Waals surface area contributed by atoms with Gasteiger partial charge in [0.2, 0.25) is 0 Å². The maximum absolute atomic E-state index is 5.36. The summed E-state index contributed by atoms with van der Waals surface area (Å²) in [5, 5.41) is 0. The number of hydrogen-bond donors (Lipinski definition) is 1. The van der Waals surface area contributed by atoms with Gasteiger partial charge in [0.15, 0.2) is 0 Å². The van der Waals surface area contributed by atoms with E-state index in [9.17, 15) is 0 Å². The van der Waals surface area contributed by atoms with Gasteiger partial charge in [-0.3, -0.25) is 0 Å². The Morgan fingerprint density at radius 2 is 1.79 bits per heavy atom. The van der Waals surface area contributed by atoms with Crippen molar-refractivity contribution in [3.05, 3.63) is 25.8 Å². The van der Waals surface area contributed by atoms with Gasteiger partial charge in [0.1, 0.15) is 0 Å². The van der Waals surface area contributed by atoms with E-state index in [0.29, 0.717) is 6.42 Å². The van der Waals surface area contributed by atoms with E-state index in [4.69, 9.17) is 6.42 Å². The lowest BCUT2D eigenvalue weighted by molar-refractivity contribution is 1.09. The summed E-state index contributed by atoms with van der Waals surface area (Å²) >= 11 is 6.88. The van der Waals surface area contributed by atoms with Gasteiger partial charge in [0, 0.05) is 14.9 Å². The van der Waals surface area contributed by atoms with Crippen molar-refractivity contribution in [3.63, 3.8) is 0 Å². The van der Waals surface area contributed by atoms with Crippen LogP contribution in [-0.2, 0) is 6.42 Å². The largest absolute Gasteiger partial charge is 0.143 e. The Kier molecular flexibility index (Phi) is 3.91. The second-order valence-corrected chi connectivity index (χ2v) is 4.92. The molecule has 74 valence electrons. The lowest BCUT2D eigenvalue weighted by Crippen LogP contribution is -2.00. The van der Waals surface area contributed by atoms with E-state index >= 15 is 0 Å². The van der Waals surface area contributed by atoms with E-state index in [1.165, 1.54) is 25.8 Å². The lowest BCUT2D eigenvalue weighted by Gasteiger charge is -2.15. The van der Waals surface area contributed by atoms with E-state index in [1.807, 2.05) is 0 Å². The van der Waals surface area contributed by atoms with E-state index < -0.39 is 0 Å². The summed E-state index contributed by atoms with van der Waals surface area (Å²) in [6.45, 7) is 6.32. The molecule has 0 spiro atoms. The van der Waals surface area contributed by atoms with Crippen LogP contribution in [0.1, 0.15) is 22.3 Å². The van der Waals surface area contributed by atoms with Crippen LogP contribution < -0.4 is 0 Å². The fraction of sp³-hybridized carbons (Fsp3) is 0.333. The summed E-state index contributed by atoms with van der Waals surface area (Å²) in [5.41, 5.74) is 5.04. The first kappa shape index (κ1) is 11.9. The fourth-order valence-corrected chi connectivity index (χ4v) is 2.65. The molecule has 0 amide bonds. The van der Waals surface area contributed by atoms with Gasteiger partial charge >= 0.3 is 0 Å². The molecule has 0 saturated carbocycles. The molecule has 2 heteroatoms. The minimum Gasteiger partial charge on any atom is -0.143 e. The summed E-state index contributed by atoms with van der Waals surface area (Å²) in [4.78, 5) is 1.07. The molecule has 0 aliphatic rings. The van der Waals surface area contributed by atoms with Crippen LogP contribution in [0.4, 0.5) is 0 Å². The van der Waals surface area contributed by atoms with Gasteiger partial charge in [-0.25, -0.2) is 0 Å². The van der Waals surface area contributed by atoms with Crippen LogP contribution in [0.2, 0.25) is 0 Å². The Labute approximate surface area is 105 Å². The monoisotopic (exact) mass is 316 g/mol. The highest BCUT2D eigenvalue weighted by Gasteiger charge is 2.12. The number of hydrogen-bond acceptors (Lipinski definition) is 1. The van der Waals surface area contributed by atoms with Gasteiger partial charge < -0.3 is 0 Å². The van der Waals surface area contributed by atoms with Gasteiger partial charge in [-0.1, -0.05) is 0 Å². The van der Waals surface area contributed by atoms with Crippen molar-refractivity contribution in [1.29, 1.82) is 0 Å². The van der Waals surface area contributed by atoms with Gasteiger partial charge in [-0.2, -0.15) is 0 Å². The highest BCUT2D eigenvalue weighted by molar-refractivity contribution is 14.1. The molecule has 0 aliphatic heterocycles. The minimum absolute atomic E-state index is 0.696. The standard InChI is InChI=1S/C12H13IS/c1-5-6-10-7(2)11(13)9(4)12(14)8(10)3/h1,14H,6H2,2-4H3. The first-order valence-electron chi connectivity index (χ1n) is 4.41. The number of thiol groups is 1. The van der Waals surface area contributed by atoms with Crippen LogP contribution in [-0.4, -0.2) is 0 Å². The Morgan fingerprint density at radius 1 is 1.21 bits per heavy atom. The summed E-state index contributed by atoms with van der Waals surface area (Å²) in [6.07, 6.45) is 6.06. The summed E-state index contributed by atoms with van der Waals surface area (Å²) < 4.78 is 1.28. The molecule has 0 radical (unpaired) electrons. The zero-order chi connectivity index (χ0) is 10.9. The van der Waals surface area contributed by atoms with Gasteiger partial charge in [-0.15, -0.1) is 25.0 Å². The molecule has 0 unspecified atom stereocenters. The molecule has 0 bridgehead atoms. The highest BCUT2D eigenvalue weighted by atomic mass is 127. The Balaban J connectivity index is 3.53. The fourth-order valence-electron chi connectivity index (χ4n) is 1.59. The third kappa shape index (κ3) is 1.94. The zero-order valence-corrected chi connectivity index (χ0v) is 11.7. The van der Waals surface area contributed by atoms with Crippen LogP contribution in [0, 0.1) is 36.7 Å². The quantitative estimate of drug-likeness (QED) is 0.456. The first-order chi connectivity index (χ1) is 6.50. The van der Waals surface area contributed by atoms with E-state index in [-0.39, 0.29) is 0 Å². The van der Waals surface area contributed by atoms with Gasteiger partial charge in [0.05, 0.1) is 0 Å². The third-order valence-corrected chi connectivity index (χ3v) is 4.84. The number of halogens is 1. The van der Waals surface area contributed by atoms with Crippen molar-refractivity contribution >= 4 is 35.2 Å². The molecular formula is C12H13IS. The molecular weight excluding hydrogens is 303 g/mol. The maximum atomic E-state index is 5.36. The van der Waals surface area contributed by atoms with Gasteiger partial charge in [0.25, 0.3) is 0 Å². The Bertz CT molecular complexity index is 384. The first-order valence-corrected chi connectivity index (χ1v) is 5.93. The van der Waals surface area contributed by atoms with Crippen molar-refractivity contribution < 1.29 is 0 Å². The van der Waals surface area contributed by atoms with Crippen LogP contribution in [0.15, 0.2) is 4.90 Å². The predicted octanol–water partition coefficient (Wildman–Crippen LogP) is 3.68. The topological polar surface area (TPSA) is 0 Å². The molecule has 1 aromatic carbocycles. The third-order valence-electron chi connectivity index (χ3n) is 2.55. The van der Waals surface area contributed by atoms with Crippen LogP contribution in [0.3, 0.4) is 0 Å². The second-order valence-electron chi connectivity index (χ2n) is 3.40. The SMILES string of the molecule is C#CCc1c(C)c(S)c(C)c(I)c1C. The Hall–Kier alpha value is -0.140. The predicted molar refractivity (Wildman–Crippen MR) is 73.2 cm³/mol. The lowest BCUT2D eigenvalue weighted by atomic mass is 9.97. The summed E-state index contributed by atoms with van der Waals surface area (Å²) in [6, 6.07) is 0. The molecule has 0 saturated heterocycles. The van der Waals surface area contributed by atoms with Crippen LogP contribution in [0.5, 0.6) is 0 Å². The van der Waals surface area contributed by atoms with E-state index in [2.05, 4.69) is 61.9 Å². The van der Waals surface area contributed by atoms with Crippen LogP contribution >= 0.6 is 35.2 Å². The Morgan fingerprint density at radius 3 is 2.29 bits per heavy atom. The van der Waals surface area contributed by atoms with Crippen molar-refractivity contribution in [2.75, 3.05) is 0 Å². The van der Waals surface area contributed by atoms with Crippen molar-refractivity contribution in [2.24, 2.45) is 0 Å². The normalized spacial score (nSPS) is 10.0. The molecule has 14 heavy (non-hydrogen) atoms. The average Bonchev–Trinajstić information content (AvgIpc) is 2.19.